The molecule has 0 radical (unpaired) electrons. The summed E-state index contributed by atoms with van der Waals surface area (Å²) in [5, 5.41) is 3.48. The summed E-state index contributed by atoms with van der Waals surface area (Å²) in [4.78, 5) is 6.64. The van der Waals surface area contributed by atoms with Crippen LogP contribution in [-0.2, 0) is 6.54 Å². The summed E-state index contributed by atoms with van der Waals surface area (Å²) in [5.74, 6) is 0.714. The second kappa shape index (κ2) is 7.49. The van der Waals surface area contributed by atoms with Crippen molar-refractivity contribution in [2.24, 2.45) is 5.92 Å². The van der Waals surface area contributed by atoms with Crippen LogP contribution in [0.1, 0.15) is 46.6 Å². The summed E-state index contributed by atoms with van der Waals surface area (Å²) in [7, 11) is 2.17. The third kappa shape index (κ3) is 5.19. The number of rotatable bonds is 7. The van der Waals surface area contributed by atoms with Gasteiger partial charge in [-0.05, 0) is 30.9 Å². The highest BCUT2D eigenvalue weighted by molar-refractivity contribution is 5.51. The van der Waals surface area contributed by atoms with Crippen LogP contribution in [0.4, 0.5) is 5.69 Å². The molecule has 0 spiro atoms. The first-order valence-corrected chi connectivity index (χ1v) is 7.31. The molecule has 0 bridgehead atoms. The van der Waals surface area contributed by atoms with Gasteiger partial charge in [0.05, 0.1) is 11.9 Å². The number of hydrogen-bond donors (Lipinski definition) is 1. The molecule has 1 aromatic heterocycles. The molecule has 0 aliphatic rings. The Kier molecular flexibility index (Phi) is 6.29. The van der Waals surface area contributed by atoms with Gasteiger partial charge in [0.15, 0.2) is 0 Å². The molecule has 1 aromatic rings. The lowest BCUT2D eigenvalue weighted by Gasteiger charge is -2.30. The molecule has 1 unspecified atom stereocenters. The number of aromatic nitrogens is 1. The molecule has 0 aliphatic heterocycles. The number of pyridine rings is 1. The SMILES string of the molecule is CC(C)CC(C)N(C)c1cnccc1CNC(C)C. The molecule has 108 valence electrons. The highest BCUT2D eigenvalue weighted by atomic mass is 15.1. The second-order valence-corrected chi connectivity index (χ2v) is 6.13. The number of hydrogen-bond acceptors (Lipinski definition) is 3. The van der Waals surface area contributed by atoms with Crippen LogP contribution in [-0.4, -0.2) is 24.1 Å². The predicted octanol–water partition coefficient (Wildman–Crippen LogP) is 3.45. The Morgan fingerprint density at radius 2 is 1.89 bits per heavy atom. The van der Waals surface area contributed by atoms with Gasteiger partial charge in [0, 0.05) is 31.9 Å². The molecular formula is C16H29N3. The lowest BCUT2D eigenvalue weighted by atomic mass is 10.0. The number of nitrogens with one attached hydrogen (secondary N) is 1. The van der Waals surface area contributed by atoms with E-state index < -0.39 is 0 Å². The van der Waals surface area contributed by atoms with E-state index in [4.69, 9.17) is 0 Å². The van der Waals surface area contributed by atoms with Crippen LogP contribution in [0.2, 0.25) is 0 Å². The van der Waals surface area contributed by atoms with Crippen molar-refractivity contribution in [2.45, 2.75) is 59.7 Å². The molecule has 19 heavy (non-hydrogen) atoms. The second-order valence-electron chi connectivity index (χ2n) is 6.13. The van der Waals surface area contributed by atoms with E-state index in [-0.39, 0.29) is 0 Å². The van der Waals surface area contributed by atoms with Crippen LogP contribution in [0.5, 0.6) is 0 Å². The van der Waals surface area contributed by atoms with Gasteiger partial charge in [-0.25, -0.2) is 0 Å². The third-order valence-corrected chi connectivity index (χ3v) is 3.44. The van der Waals surface area contributed by atoms with Crippen molar-refractivity contribution in [1.29, 1.82) is 0 Å². The predicted molar refractivity (Wildman–Crippen MR) is 83.5 cm³/mol. The summed E-state index contributed by atoms with van der Waals surface area (Å²) in [6.45, 7) is 12.1. The standard InChI is InChI=1S/C16H29N3/c1-12(2)9-14(5)19(6)16-11-17-8-7-15(16)10-18-13(3)4/h7-8,11-14,18H,9-10H2,1-6H3. The molecule has 3 heteroatoms. The summed E-state index contributed by atoms with van der Waals surface area (Å²) in [6, 6.07) is 3.14. The maximum Gasteiger partial charge on any atom is 0.0598 e. The summed E-state index contributed by atoms with van der Waals surface area (Å²) >= 11 is 0. The Balaban J connectivity index is 2.80. The zero-order valence-corrected chi connectivity index (χ0v) is 13.3. The Bertz CT molecular complexity index is 374. The van der Waals surface area contributed by atoms with E-state index in [0.717, 1.165) is 6.54 Å². The van der Waals surface area contributed by atoms with Crippen LogP contribution < -0.4 is 10.2 Å². The molecular weight excluding hydrogens is 234 g/mol. The Morgan fingerprint density at radius 1 is 1.21 bits per heavy atom. The van der Waals surface area contributed by atoms with Gasteiger partial charge in [-0.3, -0.25) is 4.98 Å². The van der Waals surface area contributed by atoms with Crippen molar-refractivity contribution in [3.63, 3.8) is 0 Å². The first-order chi connectivity index (χ1) is 8.91. The van der Waals surface area contributed by atoms with Crippen LogP contribution in [0.15, 0.2) is 18.5 Å². The van der Waals surface area contributed by atoms with Gasteiger partial charge in [0.1, 0.15) is 0 Å². The topological polar surface area (TPSA) is 28.2 Å². The summed E-state index contributed by atoms with van der Waals surface area (Å²) < 4.78 is 0. The first-order valence-electron chi connectivity index (χ1n) is 7.31. The van der Waals surface area contributed by atoms with Gasteiger partial charge in [0.2, 0.25) is 0 Å². The zero-order chi connectivity index (χ0) is 14.4. The van der Waals surface area contributed by atoms with E-state index in [9.17, 15) is 0 Å². The zero-order valence-electron chi connectivity index (χ0n) is 13.3. The van der Waals surface area contributed by atoms with Gasteiger partial charge in [-0.2, -0.15) is 0 Å². The molecule has 0 fully saturated rings. The fourth-order valence-electron chi connectivity index (χ4n) is 2.27. The molecule has 0 saturated carbocycles. The van der Waals surface area contributed by atoms with E-state index in [1.165, 1.54) is 17.7 Å². The Labute approximate surface area is 118 Å². The van der Waals surface area contributed by atoms with Crippen molar-refractivity contribution in [3.8, 4) is 0 Å². The van der Waals surface area contributed by atoms with Crippen LogP contribution in [0.25, 0.3) is 0 Å². The Morgan fingerprint density at radius 3 is 2.47 bits per heavy atom. The molecule has 1 N–H and O–H groups in total. The molecule has 0 aromatic carbocycles. The quantitative estimate of drug-likeness (QED) is 0.816. The normalized spacial score (nSPS) is 13.1. The molecule has 0 amide bonds. The van der Waals surface area contributed by atoms with Crippen molar-refractivity contribution in [1.82, 2.24) is 10.3 Å². The fourth-order valence-corrected chi connectivity index (χ4v) is 2.27. The van der Waals surface area contributed by atoms with Crippen LogP contribution in [0, 0.1) is 5.92 Å². The molecule has 0 saturated heterocycles. The minimum Gasteiger partial charge on any atom is -0.370 e. The maximum atomic E-state index is 4.29. The highest BCUT2D eigenvalue weighted by Crippen LogP contribution is 2.22. The molecule has 0 aliphatic carbocycles. The van der Waals surface area contributed by atoms with E-state index in [1.54, 1.807) is 0 Å². The van der Waals surface area contributed by atoms with Crippen LogP contribution >= 0.6 is 0 Å². The largest absolute Gasteiger partial charge is 0.370 e. The van der Waals surface area contributed by atoms with Crippen molar-refractivity contribution < 1.29 is 0 Å². The molecule has 1 heterocycles. The van der Waals surface area contributed by atoms with Crippen molar-refractivity contribution in [3.05, 3.63) is 24.0 Å². The summed E-state index contributed by atoms with van der Waals surface area (Å²) in [5.41, 5.74) is 2.56. The monoisotopic (exact) mass is 263 g/mol. The van der Waals surface area contributed by atoms with Crippen molar-refractivity contribution >= 4 is 5.69 Å². The fraction of sp³-hybridized carbons (Fsp3) is 0.688. The van der Waals surface area contributed by atoms with E-state index in [0.29, 0.717) is 18.0 Å². The van der Waals surface area contributed by atoms with Gasteiger partial charge in [0.25, 0.3) is 0 Å². The molecule has 3 nitrogen and oxygen atoms in total. The van der Waals surface area contributed by atoms with Gasteiger partial charge >= 0.3 is 0 Å². The highest BCUT2D eigenvalue weighted by Gasteiger charge is 2.15. The van der Waals surface area contributed by atoms with Crippen LogP contribution in [0.3, 0.4) is 0 Å². The van der Waals surface area contributed by atoms with Gasteiger partial charge < -0.3 is 10.2 Å². The smallest absolute Gasteiger partial charge is 0.0598 e. The van der Waals surface area contributed by atoms with Crippen molar-refractivity contribution in [2.75, 3.05) is 11.9 Å². The minimum absolute atomic E-state index is 0.499. The molecule has 1 rings (SSSR count). The third-order valence-electron chi connectivity index (χ3n) is 3.44. The van der Waals surface area contributed by atoms with E-state index >= 15 is 0 Å². The number of anilines is 1. The van der Waals surface area contributed by atoms with Gasteiger partial charge in [-0.15, -0.1) is 0 Å². The average Bonchev–Trinajstić information content (AvgIpc) is 2.35. The Hall–Kier alpha value is -1.09. The summed E-state index contributed by atoms with van der Waals surface area (Å²) in [6.07, 6.45) is 5.05. The number of nitrogens with zero attached hydrogens (tertiary/aromatic N) is 2. The maximum absolute atomic E-state index is 4.29. The molecule has 1 atom stereocenters. The van der Waals surface area contributed by atoms with Gasteiger partial charge in [-0.1, -0.05) is 27.7 Å². The van der Waals surface area contributed by atoms with E-state index in [2.05, 4.69) is 62.9 Å². The first kappa shape index (κ1) is 16.0. The lowest BCUT2D eigenvalue weighted by Crippen LogP contribution is -2.32. The lowest BCUT2D eigenvalue weighted by molar-refractivity contribution is 0.502. The minimum atomic E-state index is 0.499. The average molecular weight is 263 g/mol. The van der Waals surface area contributed by atoms with E-state index in [1.807, 2.05) is 12.4 Å².